The summed E-state index contributed by atoms with van der Waals surface area (Å²) in [4.78, 5) is 31.0. The van der Waals surface area contributed by atoms with Gasteiger partial charge in [-0.05, 0) is 67.5 Å². The zero-order valence-electron chi connectivity index (χ0n) is 26.5. The number of ether oxygens (including phenoxy) is 1. The van der Waals surface area contributed by atoms with E-state index in [-0.39, 0.29) is 51.5 Å². The highest BCUT2D eigenvalue weighted by atomic mass is 19.4. The molecule has 3 heterocycles. The first-order valence-corrected chi connectivity index (χ1v) is 16.6. The number of rotatable bonds is 8. The maximum Gasteiger partial charge on any atom is 0.416 e. The second-order valence-corrected chi connectivity index (χ2v) is 13.6. The minimum Gasteiger partial charge on any atom is -0.497 e. The number of hydrogen-bond acceptors (Lipinski definition) is 5. The van der Waals surface area contributed by atoms with E-state index in [1.165, 1.54) is 18.1 Å². The van der Waals surface area contributed by atoms with Gasteiger partial charge in [-0.1, -0.05) is 31.0 Å². The number of methoxy groups -OCH3 is 1. The number of carboxylic acids is 1. The number of carbonyl (C=O) groups is 2. The van der Waals surface area contributed by atoms with Crippen LogP contribution in [0.3, 0.4) is 0 Å². The van der Waals surface area contributed by atoms with Crippen LogP contribution in [-0.4, -0.2) is 91.0 Å². The normalized spacial score (nSPS) is 27.9. The molecule has 4 fully saturated rings. The quantitative estimate of drug-likeness (QED) is 0.329. The molecule has 3 saturated heterocycles. The van der Waals surface area contributed by atoms with E-state index < -0.39 is 59.8 Å². The molecule has 2 aromatic carbocycles. The van der Waals surface area contributed by atoms with Crippen molar-refractivity contribution in [1.82, 2.24) is 9.80 Å². The first-order chi connectivity index (χ1) is 22.4. The van der Waals surface area contributed by atoms with Crippen LogP contribution in [0.2, 0.25) is 0 Å². The first-order valence-electron chi connectivity index (χ1n) is 16.6. The Morgan fingerprint density at radius 1 is 1.00 bits per heavy atom. The van der Waals surface area contributed by atoms with Crippen LogP contribution in [0.25, 0.3) is 0 Å². The van der Waals surface area contributed by atoms with Crippen LogP contribution in [0.15, 0.2) is 42.5 Å². The van der Waals surface area contributed by atoms with Crippen molar-refractivity contribution in [2.45, 2.75) is 80.7 Å². The molecule has 0 radical (unpaired) electrons. The lowest BCUT2D eigenvalue weighted by atomic mass is 9.85. The van der Waals surface area contributed by atoms with Crippen molar-refractivity contribution in [2.24, 2.45) is 5.92 Å². The summed E-state index contributed by atoms with van der Waals surface area (Å²) in [5.74, 6) is -2.99. The molecule has 2 aromatic rings. The van der Waals surface area contributed by atoms with Gasteiger partial charge in [-0.2, -0.15) is 13.2 Å². The van der Waals surface area contributed by atoms with Crippen molar-refractivity contribution in [3.05, 3.63) is 59.2 Å². The summed E-state index contributed by atoms with van der Waals surface area (Å²) in [5.41, 5.74) is -1.67. The number of nitrogens with zero attached hydrogens (tertiary/aromatic N) is 3. The van der Waals surface area contributed by atoms with Gasteiger partial charge in [0.15, 0.2) is 0 Å². The summed E-state index contributed by atoms with van der Waals surface area (Å²) in [5, 5.41) is 9.43. The number of carboxylic acid groups (broad SMARTS) is 1. The topological polar surface area (TPSA) is 73.3 Å². The van der Waals surface area contributed by atoms with E-state index in [0.717, 1.165) is 37.8 Å². The Bertz CT molecular complexity index is 1440. The number of piperidine rings is 1. The number of carbonyl (C=O) groups excluding carboxylic acids is 1. The minimum atomic E-state index is -4.60. The van der Waals surface area contributed by atoms with Gasteiger partial charge in [-0.25, -0.2) is 8.78 Å². The molecule has 0 spiro atoms. The van der Waals surface area contributed by atoms with E-state index >= 15 is 4.39 Å². The number of aliphatic carboxylic acids is 1. The fourth-order valence-corrected chi connectivity index (χ4v) is 8.30. The largest absolute Gasteiger partial charge is 0.497 e. The molecule has 0 bridgehead atoms. The fourth-order valence-electron chi connectivity index (χ4n) is 8.30. The predicted octanol–water partition coefficient (Wildman–Crippen LogP) is 6.42. The average molecular weight is 664 g/mol. The summed E-state index contributed by atoms with van der Waals surface area (Å²) in [6, 6.07) is 9.70. The molecule has 1 saturated carbocycles. The van der Waals surface area contributed by atoms with Crippen LogP contribution < -0.4 is 9.64 Å². The molecule has 1 N–H and O–H groups in total. The van der Waals surface area contributed by atoms with Crippen LogP contribution in [0.1, 0.15) is 73.5 Å². The lowest BCUT2D eigenvalue weighted by Gasteiger charge is -2.35. The lowest BCUT2D eigenvalue weighted by molar-refractivity contribution is -0.145. The maximum absolute atomic E-state index is 17.5. The SMILES string of the molecule is COc1ccc([C@@H]2CN(C3CCCC3)C[C@@]2(F)C(=O)N2C[C@H](c3ccc(C(F)(F)F)cc3N3CCC(C(=O)O)CC3)C[C@H]2CF)cc1. The van der Waals surface area contributed by atoms with Crippen LogP contribution in [0, 0.1) is 5.92 Å². The van der Waals surface area contributed by atoms with Crippen molar-refractivity contribution < 1.29 is 41.4 Å². The van der Waals surface area contributed by atoms with E-state index in [1.807, 2.05) is 0 Å². The molecule has 1 amide bonds. The van der Waals surface area contributed by atoms with Gasteiger partial charge in [0, 0.05) is 56.3 Å². The lowest BCUT2D eigenvalue weighted by Crippen LogP contribution is -2.52. The van der Waals surface area contributed by atoms with Crippen LogP contribution in [0.4, 0.5) is 27.6 Å². The van der Waals surface area contributed by atoms with E-state index in [2.05, 4.69) is 4.90 Å². The number of benzene rings is 2. The minimum absolute atomic E-state index is 0.0260. The molecule has 7 nitrogen and oxygen atoms in total. The second-order valence-electron chi connectivity index (χ2n) is 13.6. The van der Waals surface area contributed by atoms with E-state index in [4.69, 9.17) is 4.74 Å². The van der Waals surface area contributed by atoms with E-state index in [0.29, 0.717) is 29.1 Å². The summed E-state index contributed by atoms with van der Waals surface area (Å²) in [7, 11) is 1.54. The van der Waals surface area contributed by atoms with Crippen LogP contribution in [-0.2, 0) is 15.8 Å². The Kier molecular flexibility index (Phi) is 9.43. The molecule has 4 aliphatic rings. The Hall–Kier alpha value is -3.41. The Morgan fingerprint density at radius 2 is 1.68 bits per heavy atom. The van der Waals surface area contributed by atoms with Crippen LogP contribution >= 0.6 is 0 Å². The second kappa shape index (κ2) is 13.2. The smallest absolute Gasteiger partial charge is 0.416 e. The summed E-state index contributed by atoms with van der Waals surface area (Å²) >= 11 is 0. The van der Waals surface area contributed by atoms with Crippen molar-refractivity contribution >= 4 is 17.6 Å². The van der Waals surface area contributed by atoms with Gasteiger partial charge in [-0.3, -0.25) is 14.5 Å². The Labute approximate surface area is 271 Å². The van der Waals surface area contributed by atoms with Crippen molar-refractivity contribution in [3.8, 4) is 5.75 Å². The van der Waals surface area contributed by atoms with E-state index in [1.54, 1.807) is 29.2 Å². The molecule has 0 aromatic heterocycles. The molecular weight excluding hydrogens is 621 g/mol. The van der Waals surface area contributed by atoms with E-state index in [9.17, 15) is 32.3 Å². The molecule has 6 rings (SSSR count). The monoisotopic (exact) mass is 663 g/mol. The van der Waals surface area contributed by atoms with Gasteiger partial charge in [-0.15, -0.1) is 0 Å². The summed E-state index contributed by atoms with van der Waals surface area (Å²) in [6.45, 7) is -0.175. The molecule has 47 heavy (non-hydrogen) atoms. The number of hydrogen-bond donors (Lipinski definition) is 1. The summed E-state index contributed by atoms with van der Waals surface area (Å²) in [6.07, 6.45) is 0.0474. The van der Waals surface area contributed by atoms with Crippen molar-refractivity contribution in [2.75, 3.05) is 51.4 Å². The number of halogens is 5. The predicted molar refractivity (Wildman–Crippen MR) is 166 cm³/mol. The van der Waals surface area contributed by atoms with Gasteiger partial charge in [0.1, 0.15) is 12.4 Å². The zero-order chi connectivity index (χ0) is 33.5. The third kappa shape index (κ3) is 6.54. The molecule has 256 valence electrons. The van der Waals surface area contributed by atoms with Crippen LogP contribution in [0.5, 0.6) is 5.75 Å². The maximum atomic E-state index is 17.5. The first kappa shape index (κ1) is 33.5. The standard InChI is InChI=1S/C35H42F5N3O4/c1-47-28-9-6-22(7-10-28)30-20-42(26-4-2-3-5-26)21-34(30,37)33(46)43-19-24(16-27(43)18-36)29-11-8-25(35(38,39)40)17-31(29)41-14-12-23(13-15-41)32(44)45/h6-11,17,23-24,26-27,30H,2-5,12-16,18-21H2,1H3,(H,44,45)/t24-,27+,30+,34+/m1/s1. The molecule has 0 unspecified atom stereocenters. The highest BCUT2D eigenvalue weighted by molar-refractivity contribution is 5.88. The summed E-state index contributed by atoms with van der Waals surface area (Å²) < 4.78 is 78.9. The average Bonchev–Trinajstić information content (AvgIpc) is 3.83. The molecule has 3 aliphatic heterocycles. The molecule has 4 atom stereocenters. The molecule has 1 aliphatic carbocycles. The zero-order valence-corrected chi connectivity index (χ0v) is 26.5. The van der Waals surface area contributed by atoms with Gasteiger partial charge in [0.25, 0.3) is 5.91 Å². The van der Waals surface area contributed by atoms with Gasteiger partial charge in [0.05, 0.1) is 24.6 Å². The third-order valence-electron chi connectivity index (χ3n) is 11.0. The van der Waals surface area contributed by atoms with Gasteiger partial charge < -0.3 is 19.6 Å². The van der Waals surface area contributed by atoms with Crippen molar-refractivity contribution in [3.63, 3.8) is 0 Å². The molecule has 12 heteroatoms. The number of likely N-dealkylation sites (tertiary alicyclic amines) is 2. The van der Waals surface area contributed by atoms with Crippen molar-refractivity contribution in [1.29, 1.82) is 0 Å². The number of alkyl halides is 5. The third-order valence-corrected chi connectivity index (χ3v) is 11.0. The molecular formula is C35H42F5N3O4. The highest BCUT2D eigenvalue weighted by Crippen LogP contribution is 2.47. The fraction of sp³-hybridized carbons (Fsp3) is 0.600. The Balaban J connectivity index is 1.30. The number of anilines is 1. The van der Waals surface area contributed by atoms with Gasteiger partial charge in [0.2, 0.25) is 5.67 Å². The number of amides is 1. The van der Waals surface area contributed by atoms with Gasteiger partial charge >= 0.3 is 12.1 Å². The Morgan fingerprint density at radius 3 is 2.28 bits per heavy atom. The highest BCUT2D eigenvalue weighted by Gasteiger charge is 2.58.